The fraction of sp³-hybridized carbons (Fsp3) is 0.281. The van der Waals surface area contributed by atoms with E-state index in [0.29, 0.717) is 12.2 Å². The summed E-state index contributed by atoms with van der Waals surface area (Å²) in [6.45, 7) is 3.38. The Morgan fingerprint density at radius 2 is 1.62 bits per heavy atom. The van der Waals surface area contributed by atoms with Crippen molar-refractivity contribution in [2.45, 2.75) is 49.8 Å². The predicted octanol–water partition coefficient (Wildman–Crippen LogP) is 3.95. The number of methoxy groups -OCH3 is 1. The average Bonchev–Trinajstić information content (AvgIpc) is 3.54. The second-order valence-corrected chi connectivity index (χ2v) is 10.7. The van der Waals surface area contributed by atoms with Gasteiger partial charge in [0, 0.05) is 0 Å². The van der Waals surface area contributed by atoms with Crippen molar-refractivity contribution in [3.05, 3.63) is 118 Å². The number of aliphatic hydroxyl groups excluding tert-OH is 1. The molecule has 42 heavy (non-hydrogen) atoms. The van der Waals surface area contributed by atoms with E-state index in [2.05, 4.69) is 15.3 Å². The molecule has 6 rings (SSSR count). The van der Waals surface area contributed by atoms with E-state index in [1.165, 1.54) is 17.8 Å². The number of ether oxygens (including phenoxy) is 2. The third kappa shape index (κ3) is 4.44. The van der Waals surface area contributed by atoms with Crippen molar-refractivity contribution in [3.63, 3.8) is 0 Å². The first-order chi connectivity index (χ1) is 20.3. The van der Waals surface area contributed by atoms with Crippen molar-refractivity contribution < 1.29 is 19.7 Å². The van der Waals surface area contributed by atoms with Gasteiger partial charge in [-0.15, -0.1) is 0 Å². The first-order valence-electron chi connectivity index (χ1n) is 13.9. The minimum Gasteiger partial charge on any atom is -0.497 e. The van der Waals surface area contributed by atoms with Crippen molar-refractivity contribution in [1.29, 1.82) is 0 Å². The molecule has 0 bridgehead atoms. The summed E-state index contributed by atoms with van der Waals surface area (Å²) in [4.78, 5) is 25.3. The van der Waals surface area contributed by atoms with Crippen molar-refractivity contribution in [2.24, 2.45) is 0 Å². The lowest BCUT2D eigenvalue weighted by Crippen LogP contribution is -2.43. The number of rotatable bonds is 8. The molecule has 2 aromatic heterocycles. The molecular weight excluding hydrogens is 534 g/mol. The van der Waals surface area contributed by atoms with Crippen molar-refractivity contribution in [2.75, 3.05) is 12.4 Å². The van der Waals surface area contributed by atoms with Gasteiger partial charge in [-0.05, 0) is 42.2 Å². The summed E-state index contributed by atoms with van der Waals surface area (Å²) in [5.74, 6) is 0.893. The molecule has 3 aromatic carbocycles. The van der Waals surface area contributed by atoms with Gasteiger partial charge in [-0.2, -0.15) is 4.98 Å². The highest BCUT2D eigenvalue weighted by Gasteiger charge is 2.52. The Hall–Kier alpha value is -4.51. The van der Waals surface area contributed by atoms with Crippen LogP contribution in [0.1, 0.15) is 43.2 Å². The number of anilines is 1. The molecule has 5 aromatic rings. The van der Waals surface area contributed by atoms with Crippen LogP contribution in [0.25, 0.3) is 11.2 Å². The molecule has 10 nitrogen and oxygen atoms in total. The molecule has 1 fully saturated rings. The Kier molecular flexibility index (Phi) is 7.05. The predicted molar refractivity (Wildman–Crippen MR) is 158 cm³/mol. The molecular formula is C32H33N5O5. The van der Waals surface area contributed by atoms with E-state index in [0.717, 1.165) is 16.7 Å². The van der Waals surface area contributed by atoms with E-state index < -0.39 is 35.1 Å². The summed E-state index contributed by atoms with van der Waals surface area (Å²) in [6, 6.07) is 27.5. The smallest absolute Gasteiger partial charge is 0.280 e. The van der Waals surface area contributed by atoms with Crippen LogP contribution in [0.15, 0.2) is 96.1 Å². The molecule has 4 N–H and O–H groups in total. The van der Waals surface area contributed by atoms with Crippen molar-refractivity contribution >= 4 is 17.1 Å². The van der Waals surface area contributed by atoms with E-state index in [1.54, 1.807) is 7.11 Å². The highest BCUT2D eigenvalue weighted by atomic mass is 16.6. The highest BCUT2D eigenvalue weighted by molar-refractivity contribution is 5.71. The summed E-state index contributed by atoms with van der Waals surface area (Å²) < 4.78 is 13.0. The van der Waals surface area contributed by atoms with Gasteiger partial charge in [-0.1, -0.05) is 79.7 Å². The van der Waals surface area contributed by atoms with Crippen LogP contribution in [0.2, 0.25) is 0 Å². The fourth-order valence-corrected chi connectivity index (χ4v) is 5.84. The number of imidazole rings is 1. The van der Waals surface area contributed by atoms with Gasteiger partial charge in [0.25, 0.3) is 5.56 Å². The number of aliphatic hydroxyl groups is 2. The van der Waals surface area contributed by atoms with Crippen LogP contribution in [-0.2, 0) is 10.3 Å². The van der Waals surface area contributed by atoms with Gasteiger partial charge in [0.15, 0.2) is 17.4 Å². The Morgan fingerprint density at radius 1 is 1.02 bits per heavy atom. The van der Waals surface area contributed by atoms with Crippen molar-refractivity contribution in [1.82, 2.24) is 19.5 Å². The molecule has 1 aliphatic rings. The van der Waals surface area contributed by atoms with E-state index in [9.17, 15) is 15.0 Å². The number of aromatic amines is 1. The molecule has 10 heteroatoms. The number of aromatic nitrogens is 4. The molecule has 3 heterocycles. The van der Waals surface area contributed by atoms with Crippen LogP contribution in [0.3, 0.4) is 0 Å². The Labute approximate surface area is 242 Å². The van der Waals surface area contributed by atoms with Crippen LogP contribution < -0.4 is 15.6 Å². The fourth-order valence-electron chi connectivity index (χ4n) is 5.84. The first kappa shape index (κ1) is 27.6. The molecule has 0 unspecified atom stereocenters. The lowest BCUT2D eigenvalue weighted by molar-refractivity contribution is -0.0940. The largest absolute Gasteiger partial charge is 0.497 e. The molecule has 0 radical (unpaired) electrons. The van der Waals surface area contributed by atoms with Gasteiger partial charge < -0.3 is 25.0 Å². The maximum atomic E-state index is 13.4. The second-order valence-electron chi connectivity index (χ2n) is 10.7. The van der Waals surface area contributed by atoms with E-state index in [4.69, 9.17) is 14.5 Å². The number of fused-ring (bicyclic) bond motifs is 1. The van der Waals surface area contributed by atoms with Crippen LogP contribution in [0.5, 0.6) is 5.75 Å². The minimum atomic E-state index is -1.63. The molecule has 0 spiro atoms. The number of hydrogen-bond donors (Lipinski definition) is 4. The Bertz CT molecular complexity index is 1700. The highest BCUT2D eigenvalue weighted by Crippen LogP contribution is 2.42. The molecule has 216 valence electrons. The normalized spacial score (nSPS) is 22.4. The zero-order valence-electron chi connectivity index (χ0n) is 23.6. The number of H-pyrrole nitrogens is 1. The van der Waals surface area contributed by atoms with Crippen LogP contribution >= 0.6 is 0 Å². The minimum absolute atomic E-state index is 0.0869. The van der Waals surface area contributed by atoms with Crippen LogP contribution in [-0.4, -0.2) is 54.7 Å². The number of nitrogens with zero attached hydrogens (tertiary/aromatic N) is 3. The summed E-state index contributed by atoms with van der Waals surface area (Å²) in [5, 5.41) is 25.5. The lowest BCUT2D eigenvalue weighted by Gasteiger charge is -2.37. The Morgan fingerprint density at radius 3 is 2.17 bits per heavy atom. The van der Waals surface area contributed by atoms with Crippen molar-refractivity contribution in [3.8, 4) is 5.75 Å². The third-order valence-corrected chi connectivity index (χ3v) is 8.08. The van der Waals surface area contributed by atoms with Crippen LogP contribution in [0, 0.1) is 0 Å². The summed E-state index contributed by atoms with van der Waals surface area (Å²) in [6.07, 6.45) is -0.797. The van der Waals surface area contributed by atoms with Crippen LogP contribution in [0.4, 0.5) is 5.95 Å². The number of hydrogen-bond acceptors (Lipinski definition) is 8. The van der Waals surface area contributed by atoms with Gasteiger partial charge >= 0.3 is 0 Å². The Balaban J connectivity index is 1.55. The lowest BCUT2D eigenvalue weighted by atomic mass is 9.77. The zero-order chi connectivity index (χ0) is 29.5. The molecule has 1 saturated heterocycles. The van der Waals surface area contributed by atoms with Gasteiger partial charge in [-0.3, -0.25) is 14.3 Å². The van der Waals surface area contributed by atoms with Gasteiger partial charge in [0.1, 0.15) is 23.0 Å². The van der Waals surface area contributed by atoms with Gasteiger partial charge in [0.2, 0.25) is 5.95 Å². The molecule has 4 atom stereocenters. The summed E-state index contributed by atoms with van der Waals surface area (Å²) >= 11 is 0. The molecule has 1 aliphatic heterocycles. The SMILES string of the molecule is CC[C@H]1O[C@@H](n2cnc3c(=O)[nH]c(NC(c4ccccc4)(c4ccccc4)c4ccc(OC)cc4)nc32)[C@](C)(O)[C@@H]1O. The van der Waals surface area contributed by atoms with E-state index in [1.807, 2.05) is 91.9 Å². The summed E-state index contributed by atoms with van der Waals surface area (Å²) in [7, 11) is 1.62. The maximum absolute atomic E-state index is 13.4. The van der Waals surface area contributed by atoms with Gasteiger partial charge in [-0.25, -0.2) is 4.98 Å². The second kappa shape index (κ2) is 10.7. The standard InChI is InChI=1S/C32H33N5O5/c1-4-24-26(38)31(2,40)29(42-24)37-19-33-25-27(37)34-30(35-28(25)39)36-32(20-11-7-5-8-12-20,21-13-9-6-10-14-21)22-15-17-23(41-3)18-16-22/h5-19,24,26,29,38,40H,4H2,1-3H3,(H2,34,35,36,39)/t24-,26-,29-,31-/m1/s1. The quantitative estimate of drug-likeness (QED) is 0.207. The van der Waals surface area contributed by atoms with E-state index >= 15 is 0 Å². The first-order valence-corrected chi connectivity index (χ1v) is 13.9. The topological polar surface area (TPSA) is 135 Å². The average molecular weight is 568 g/mol. The number of nitrogens with one attached hydrogen (secondary N) is 2. The molecule has 0 saturated carbocycles. The van der Waals surface area contributed by atoms with Gasteiger partial charge in [0.05, 0.1) is 19.5 Å². The molecule has 0 aliphatic carbocycles. The number of benzene rings is 3. The zero-order valence-corrected chi connectivity index (χ0v) is 23.6. The maximum Gasteiger partial charge on any atom is 0.280 e. The molecule has 0 amide bonds. The summed E-state index contributed by atoms with van der Waals surface area (Å²) in [5.41, 5.74) is -0.0784. The third-order valence-electron chi connectivity index (χ3n) is 8.08. The van der Waals surface area contributed by atoms with E-state index in [-0.39, 0.29) is 17.1 Å². The monoisotopic (exact) mass is 567 g/mol.